The topological polar surface area (TPSA) is 62.2 Å². The number of nitrogens with one attached hydrogen (secondary N) is 1. The Morgan fingerprint density at radius 3 is 2.74 bits per heavy atom. The fraction of sp³-hybridized carbons (Fsp3) is 0.0769. The fourth-order valence-corrected chi connectivity index (χ4v) is 1.84. The number of aryl methyl sites for hydroxylation is 1. The third kappa shape index (κ3) is 3.20. The zero-order chi connectivity index (χ0) is 14.0. The van der Waals surface area contributed by atoms with Crippen LogP contribution in [0.25, 0.3) is 0 Å². The molecule has 0 atom stereocenters. The Hall–Kier alpha value is -2.14. The minimum atomic E-state index is -1.11. The highest BCUT2D eigenvalue weighted by atomic mass is 35.5. The van der Waals surface area contributed by atoms with Gasteiger partial charge in [-0.2, -0.15) is 0 Å². The lowest BCUT2D eigenvalue weighted by atomic mass is 10.2. The van der Waals surface area contributed by atoms with Crippen LogP contribution in [0.2, 0.25) is 5.02 Å². The van der Waals surface area contributed by atoms with Gasteiger partial charge in [-0.3, -0.25) is 4.98 Å². The number of aromatic nitrogens is 1. The highest BCUT2D eigenvalue weighted by molar-refractivity contribution is 6.30. The molecule has 0 aliphatic rings. The van der Waals surface area contributed by atoms with Crippen molar-refractivity contribution in [3.8, 4) is 0 Å². The molecule has 0 unspecified atom stereocenters. The molecule has 2 aromatic rings. The summed E-state index contributed by atoms with van der Waals surface area (Å²) < 4.78 is 13.2. The molecule has 0 aliphatic carbocycles. The van der Waals surface area contributed by atoms with Crippen LogP contribution >= 0.6 is 11.6 Å². The minimum Gasteiger partial charge on any atom is -0.478 e. The zero-order valence-electron chi connectivity index (χ0n) is 9.95. The Bertz CT molecular complexity index is 626. The van der Waals surface area contributed by atoms with Gasteiger partial charge in [0.05, 0.1) is 5.69 Å². The Kier molecular flexibility index (Phi) is 3.66. The van der Waals surface area contributed by atoms with E-state index < -0.39 is 11.8 Å². The summed E-state index contributed by atoms with van der Waals surface area (Å²) in [5, 5.41) is 12.1. The van der Waals surface area contributed by atoms with Crippen molar-refractivity contribution in [1.29, 1.82) is 0 Å². The smallest absolute Gasteiger partial charge is 0.339 e. The van der Waals surface area contributed by atoms with E-state index in [1.807, 2.05) is 0 Å². The first-order valence-electron chi connectivity index (χ1n) is 5.39. The van der Waals surface area contributed by atoms with Gasteiger partial charge >= 0.3 is 5.97 Å². The summed E-state index contributed by atoms with van der Waals surface area (Å²) in [7, 11) is 0. The molecule has 0 bridgehead atoms. The van der Waals surface area contributed by atoms with Gasteiger partial charge in [0.15, 0.2) is 0 Å². The predicted octanol–water partition coefficient (Wildman–Crippen LogP) is 3.62. The van der Waals surface area contributed by atoms with Crippen LogP contribution in [0.4, 0.5) is 15.8 Å². The molecule has 0 saturated heterocycles. The van der Waals surface area contributed by atoms with Crippen molar-refractivity contribution in [2.24, 2.45) is 0 Å². The number of halogens is 2. The summed E-state index contributed by atoms with van der Waals surface area (Å²) in [6.07, 6.45) is 1.25. The molecule has 0 radical (unpaired) electrons. The van der Waals surface area contributed by atoms with Gasteiger partial charge in [0.25, 0.3) is 0 Å². The number of benzene rings is 1. The second-order valence-corrected chi connectivity index (χ2v) is 4.40. The molecule has 0 saturated carbocycles. The van der Waals surface area contributed by atoms with Gasteiger partial charge in [-0.1, -0.05) is 11.6 Å². The number of aromatic carboxylic acids is 1. The molecular weight excluding hydrogens is 271 g/mol. The van der Waals surface area contributed by atoms with Crippen LogP contribution in [0, 0.1) is 12.7 Å². The molecule has 0 fully saturated rings. The monoisotopic (exact) mass is 280 g/mol. The van der Waals surface area contributed by atoms with Gasteiger partial charge < -0.3 is 10.4 Å². The number of carboxylic acid groups (broad SMARTS) is 1. The van der Waals surface area contributed by atoms with E-state index in [2.05, 4.69) is 10.3 Å². The third-order valence-corrected chi connectivity index (χ3v) is 2.63. The van der Waals surface area contributed by atoms with Crippen LogP contribution in [0.3, 0.4) is 0 Å². The largest absolute Gasteiger partial charge is 0.478 e. The van der Waals surface area contributed by atoms with Crippen molar-refractivity contribution in [1.82, 2.24) is 4.98 Å². The normalized spacial score (nSPS) is 10.3. The molecule has 0 aliphatic heterocycles. The quantitative estimate of drug-likeness (QED) is 0.901. The molecule has 1 heterocycles. The Balaban J connectivity index is 2.42. The van der Waals surface area contributed by atoms with Crippen LogP contribution in [0.1, 0.15) is 16.1 Å². The van der Waals surface area contributed by atoms with Crippen molar-refractivity contribution >= 4 is 28.9 Å². The number of nitrogens with zero attached hydrogens (tertiary/aromatic N) is 1. The van der Waals surface area contributed by atoms with Gasteiger partial charge in [0, 0.05) is 22.6 Å². The van der Waals surface area contributed by atoms with E-state index in [1.54, 1.807) is 13.0 Å². The number of rotatable bonds is 3. The maximum Gasteiger partial charge on any atom is 0.339 e. The van der Waals surface area contributed by atoms with E-state index in [0.717, 1.165) is 0 Å². The molecule has 1 aromatic heterocycles. The maximum absolute atomic E-state index is 13.2. The van der Waals surface area contributed by atoms with E-state index in [9.17, 15) is 9.18 Å². The lowest BCUT2D eigenvalue weighted by molar-refractivity contribution is 0.0697. The van der Waals surface area contributed by atoms with Gasteiger partial charge in [-0.15, -0.1) is 0 Å². The Morgan fingerprint density at radius 1 is 1.37 bits per heavy atom. The van der Waals surface area contributed by atoms with Crippen molar-refractivity contribution in [3.63, 3.8) is 0 Å². The molecular formula is C13H10ClFN2O2. The molecule has 2 rings (SSSR count). The molecule has 19 heavy (non-hydrogen) atoms. The van der Waals surface area contributed by atoms with Crippen LogP contribution in [0.15, 0.2) is 30.5 Å². The Labute approximate surface area is 113 Å². The number of anilines is 2. The van der Waals surface area contributed by atoms with E-state index in [0.29, 0.717) is 17.1 Å². The number of carboxylic acids is 1. The first kappa shape index (κ1) is 13.3. The molecule has 1 aromatic carbocycles. The second-order valence-electron chi connectivity index (χ2n) is 3.96. The number of carbonyl (C=O) groups is 1. The van der Waals surface area contributed by atoms with Gasteiger partial charge in [-0.25, -0.2) is 9.18 Å². The number of hydrogen-bond acceptors (Lipinski definition) is 3. The maximum atomic E-state index is 13.2. The van der Waals surface area contributed by atoms with E-state index >= 15 is 0 Å². The highest BCUT2D eigenvalue weighted by Crippen LogP contribution is 2.24. The molecule has 98 valence electrons. The van der Waals surface area contributed by atoms with Crippen molar-refractivity contribution in [2.75, 3.05) is 5.32 Å². The summed E-state index contributed by atoms with van der Waals surface area (Å²) in [5.41, 5.74) is 1.36. The summed E-state index contributed by atoms with van der Waals surface area (Å²) in [6.45, 7) is 1.73. The lowest BCUT2D eigenvalue weighted by Crippen LogP contribution is -2.04. The summed E-state index contributed by atoms with van der Waals surface area (Å²) in [6, 6.07) is 5.48. The van der Waals surface area contributed by atoms with Crippen LogP contribution in [-0.4, -0.2) is 16.1 Å². The summed E-state index contributed by atoms with van der Waals surface area (Å²) >= 11 is 5.74. The predicted molar refractivity (Wildman–Crippen MR) is 70.6 cm³/mol. The third-order valence-electron chi connectivity index (χ3n) is 2.41. The number of pyridine rings is 1. The van der Waals surface area contributed by atoms with Gasteiger partial charge in [0.2, 0.25) is 0 Å². The minimum absolute atomic E-state index is 0.00554. The van der Waals surface area contributed by atoms with Crippen molar-refractivity contribution in [2.45, 2.75) is 6.92 Å². The molecule has 2 N–H and O–H groups in total. The van der Waals surface area contributed by atoms with E-state index in [-0.39, 0.29) is 10.6 Å². The zero-order valence-corrected chi connectivity index (χ0v) is 10.7. The van der Waals surface area contributed by atoms with Crippen LogP contribution in [-0.2, 0) is 0 Å². The summed E-state index contributed by atoms with van der Waals surface area (Å²) in [4.78, 5) is 15.0. The molecule has 4 nitrogen and oxygen atoms in total. The summed E-state index contributed by atoms with van der Waals surface area (Å²) in [5.74, 6) is -1.62. The highest BCUT2D eigenvalue weighted by Gasteiger charge is 2.11. The average Bonchev–Trinajstić information content (AvgIpc) is 2.26. The van der Waals surface area contributed by atoms with Crippen LogP contribution < -0.4 is 5.32 Å². The Morgan fingerprint density at radius 2 is 2.11 bits per heavy atom. The molecule has 0 spiro atoms. The lowest BCUT2D eigenvalue weighted by Gasteiger charge is -2.10. The standard InChI is InChI=1S/C13H10ClFN2O2/c1-7-2-12(11(6-16-7)13(18)19)17-10-4-8(14)3-9(15)5-10/h2-6H,1H3,(H,16,17)(H,18,19). The first-order valence-corrected chi connectivity index (χ1v) is 5.76. The molecule has 0 amide bonds. The van der Waals surface area contributed by atoms with E-state index in [1.165, 1.54) is 24.4 Å². The SMILES string of the molecule is Cc1cc(Nc2cc(F)cc(Cl)c2)c(C(=O)O)cn1. The molecule has 6 heteroatoms. The fourth-order valence-electron chi connectivity index (χ4n) is 1.62. The average molecular weight is 281 g/mol. The second kappa shape index (κ2) is 5.24. The van der Waals surface area contributed by atoms with Crippen molar-refractivity contribution < 1.29 is 14.3 Å². The van der Waals surface area contributed by atoms with E-state index in [4.69, 9.17) is 16.7 Å². The first-order chi connectivity index (χ1) is 8.95. The van der Waals surface area contributed by atoms with Gasteiger partial charge in [0.1, 0.15) is 11.4 Å². The van der Waals surface area contributed by atoms with Crippen LogP contribution in [0.5, 0.6) is 0 Å². The van der Waals surface area contributed by atoms with Gasteiger partial charge in [-0.05, 0) is 31.2 Å². The van der Waals surface area contributed by atoms with Crippen molar-refractivity contribution in [3.05, 3.63) is 52.6 Å². The number of hydrogen-bond donors (Lipinski definition) is 2.